The van der Waals surface area contributed by atoms with E-state index in [0.717, 1.165) is 25.1 Å². The molecule has 1 rings (SSSR count). The van der Waals surface area contributed by atoms with E-state index in [9.17, 15) is 4.39 Å². The van der Waals surface area contributed by atoms with Crippen LogP contribution in [0.1, 0.15) is 33.6 Å². The number of anilines is 1. The van der Waals surface area contributed by atoms with Crippen molar-refractivity contribution in [3.8, 4) is 0 Å². The number of halogens is 1. The lowest BCUT2D eigenvalue weighted by Crippen LogP contribution is -2.33. The highest BCUT2D eigenvalue weighted by molar-refractivity contribution is 5.47. The van der Waals surface area contributed by atoms with Gasteiger partial charge in [0.05, 0.1) is 0 Å². The average Bonchev–Trinajstić information content (AvgIpc) is 2.26. The van der Waals surface area contributed by atoms with Gasteiger partial charge in [-0.15, -0.1) is 0 Å². The first-order chi connectivity index (χ1) is 7.19. The predicted molar refractivity (Wildman–Crippen MR) is 63.8 cm³/mol. The molecule has 0 N–H and O–H groups in total. The fourth-order valence-corrected chi connectivity index (χ4v) is 1.70. The van der Waals surface area contributed by atoms with Gasteiger partial charge in [-0.2, -0.15) is 0 Å². The number of benzene rings is 1. The van der Waals surface area contributed by atoms with Crippen LogP contribution in [0.2, 0.25) is 0 Å². The fourth-order valence-electron chi connectivity index (χ4n) is 1.70. The Labute approximate surface area is 91.9 Å². The summed E-state index contributed by atoms with van der Waals surface area (Å²) in [4.78, 5) is 2.33. The zero-order valence-electron chi connectivity index (χ0n) is 9.83. The van der Waals surface area contributed by atoms with Crippen LogP contribution >= 0.6 is 0 Å². The smallest absolute Gasteiger partial charge is 0.123 e. The van der Waals surface area contributed by atoms with Crippen LogP contribution in [0.5, 0.6) is 0 Å². The van der Waals surface area contributed by atoms with Crippen molar-refractivity contribution in [3.05, 3.63) is 30.1 Å². The van der Waals surface area contributed by atoms with Gasteiger partial charge in [0, 0.05) is 18.3 Å². The monoisotopic (exact) mass is 209 g/mol. The van der Waals surface area contributed by atoms with Crippen LogP contribution in [0.3, 0.4) is 0 Å². The molecule has 0 saturated heterocycles. The van der Waals surface area contributed by atoms with E-state index in [2.05, 4.69) is 25.7 Å². The fraction of sp³-hybridized carbons (Fsp3) is 0.538. The van der Waals surface area contributed by atoms with Gasteiger partial charge in [-0.1, -0.05) is 13.8 Å². The van der Waals surface area contributed by atoms with Crippen LogP contribution in [0, 0.1) is 5.82 Å². The first kappa shape index (κ1) is 12.0. The van der Waals surface area contributed by atoms with Gasteiger partial charge in [-0.05, 0) is 44.0 Å². The standard InChI is InChI=1S/C13H20FN/c1-4-10-15(11(3)5-2)13-8-6-12(14)7-9-13/h6-9,11H,4-5,10H2,1-3H3. The maximum absolute atomic E-state index is 12.8. The highest BCUT2D eigenvalue weighted by atomic mass is 19.1. The Balaban J connectivity index is 2.83. The molecule has 0 heterocycles. The molecule has 2 heteroatoms. The zero-order valence-corrected chi connectivity index (χ0v) is 9.83. The van der Waals surface area contributed by atoms with Gasteiger partial charge in [0.15, 0.2) is 0 Å². The summed E-state index contributed by atoms with van der Waals surface area (Å²) in [6.45, 7) is 7.58. The van der Waals surface area contributed by atoms with E-state index < -0.39 is 0 Å². The molecule has 1 aromatic carbocycles. The predicted octanol–water partition coefficient (Wildman–Crippen LogP) is 3.84. The molecule has 1 unspecified atom stereocenters. The minimum atomic E-state index is -0.167. The topological polar surface area (TPSA) is 3.24 Å². The largest absolute Gasteiger partial charge is 0.369 e. The van der Waals surface area contributed by atoms with Crippen LogP contribution in [0.15, 0.2) is 24.3 Å². The summed E-state index contributed by atoms with van der Waals surface area (Å²) in [6.07, 6.45) is 2.22. The number of rotatable bonds is 5. The van der Waals surface area contributed by atoms with Crippen LogP contribution in [-0.4, -0.2) is 12.6 Å². The van der Waals surface area contributed by atoms with Crippen LogP contribution in [-0.2, 0) is 0 Å². The number of hydrogen-bond donors (Lipinski definition) is 0. The van der Waals surface area contributed by atoms with E-state index in [1.54, 1.807) is 0 Å². The first-order valence-electron chi connectivity index (χ1n) is 5.71. The zero-order chi connectivity index (χ0) is 11.3. The Morgan fingerprint density at radius 1 is 1.20 bits per heavy atom. The molecule has 0 aliphatic carbocycles. The number of nitrogens with zero attached hydrogens (tertiary/aromatic N) is 1. The van der Waals surface area contributed by atoms with Crippen molar-refractivity contribution < 1.29 is 4.39 Å². The van der Waals surface area contributed by atoms with Crippen molar-refractivity contribution in [1.82, 2.24) is 0 Å². The minimum absolute atomic E-state index is 0.167. The summed E-state index contributed by atoms with van der Waals surface area (Å²) in [7, 11) is 0. The first-order valence-corrected chi connectivity index (χ1v) is 5.71. The van der Waals surface area contributed by atoms with Crippen molar-refractivity contribution in [2.75, 3.05) is 11.4 Å². The molecule has 0 amide bonds. The number of hydrogen-bond acceptors (Lipinski definition) is 1. The third kappa shape index (κ3) is 3.22. The van der Waals surface area contributed by atoms with Gasteiger partial charge in [0.25, 0.3) is 0 Å². The second kappa shape index (κ2) is 5.74. The van der Waals surface area contributed by atoms with Gasteiger partial charge in [-0.3, -0.25) is 0 Å². The lowest BCUT2D eigenvalue weighted by molar-refractivity contribution is 0.605. The molecule has 0 fully saturated rings. The summed E-state index contributed by atoms with van der Waals surface area (Å²) in [5.74, 6) is -0.167. The molecule has 0 radical (unpaired) electrons. The molecule has 1 aromatic rings. The Bertz CT molecular complexity index is 281. The SMILES string of the molecule is CCCN(c1ccc(F)cc1)C(C)CC. The van der Waals surface area contributed by atoms with E-state index in [1.165, 1.54) is 12.1 Å². The van der Waals surface area contributed by atoms with Crippen molar-refractivity contribution in [3.63, 3.8) is 0 Å². The molecule has 0 aliphatic heterocycles. The average molecular weight is 209 g/mol. The molecule has 0 bridgehead atoms. The van der Waals surface area contributed by atoms with Crippen molar-refractivity contribution in [2.45, 2.75) is 39.7 Å². The Morgan fingerprint density at radius 2 is 1.80 bits per heavy atom. The van der Waals surface area contributed by atoms with E-state index in [4.69, 9.17) is 0 Å². The second-order valence-corrected chi connectivity index (χ2v) is 3.93. The van der Waals surface area contributed by atoms with E-state index >= 15 is 0 Å². The Kier molecular flexibility index (Phi) is 4.60. The summed E-state index contributed by atoms with van der Waals surface area (Å²) >= 11 is 0. The van der Waals surface area contributed by atoms with E-state index in [0.29, 0.717) is 6.04 Å². The molecule has 84 valence electrons. The van der Waals surface area contributed by atoms with Crippen LogP contribution in [0.25, 0.3) is 0 Å². The van der Waals surface area contributed by atoms with Crippen molar-refractivity contribution in [2.24, 2.45) is 0 Å². The van der Waals surface area contributed by atoms with E-state index in [-0.39, 0.29) is 5.82 Å². The third-order valence-corrected chi connectivity index (χ3v) is 2.75. The highest BCUT2D eigenvalue weighted by Gasteiger charge is 2.11. The van der Waals surface area contributed by atoms with Crippen LogP contribution in [0.4, 0.5) is 10.1 Å². The maximum atomic E-state index is 12.8. The quantitative estimate of drug-likeness (QED) is 0.712. The van der Waals surface area contributed by atoms with Gasteiger partial charge in [0.1, 0.15) is 5.82 Å². The molecule has 0 aromatic heterocycles. The summed E-state index contributed by atoms with van der Waals surface area (Å²) in [6, 6.07) is 7.28. The second-order valence-electron chi connectivity index (χ2n) is 3.93. The minimum Gasteiger partial charge on any atom is -0.369 e. The Morgan fingerprint density at radius 3 is 2.27 bits per heavy atom. The summed E-state index contributed by atoms with van der Waals surface area (Å²) in [5.41, 5.74) is 1.12. The van der Waals surface area contributed by atoms with Gasteiger partial charge in [-0.25, -0.2) is 4.39 Å². The van der Waals surface area contributed by atoms with Gasteiger partial charge in [0.2, 0.25) is 0 Å². The highest BCUT2D eigenvalue weighted by Crippen LogP contribution is 2.19. The molecule has 1 nitrogen and oxygen atoms in total. The molecule has 0 spiro atoms. The van der Waals surface area contributed by atoms with Crippen molar-refractivity contribution >= 4 is 5.69 Å². The maximum Gasteiger partial charge on any atom is 0.123 e. The van der Waals surface area contributed by atoms with Gasteiger partial charge >= 0.3 is 0 Å². The lowest BCUT2D eigenvalue weighted by Gasteiger charge is -2.30. The third-order valence-electron chi connectivity index (χ3n) is 2.75. The Hall–Kier alpha value is -1.05. The molecular formula is C13H20FN. The molecule has 15 heavy (non-hydrogen) atoms. The van der Waals surface area contributed by atoms with E-state index in [1.807, 2.05) is 12.1 Å². The van der Waals surface area contributed by atoms with Gasteiger partial charge < -0.3 is 4.90 Å². The molecule has 1 atom stereocenters. The normalized spacial score (nSPS) is 12.5. The molecule has 0 saturated carbocycles. The summed E-state index contributed by atoms with van der Waals surface area (Å²) < 4.78 is 12.8. The molecular weight excluding hydrogens is 189 g/mol. The summed E-state index contributed by atoms with van der Waals surface area (Å²) in [5, 5.41) is 0. The van der Waals surface area contributed by atoms with Crippen LogP contribution < -0.4 is 4.90 Å². The lowest BCUT2D eigenvalue weighted by atomic mass is 10.1. The van der Waals surface area contributed by atoms with Crippen molar-refractivity contribution in [1.29, 1.82) is 0 Å². The molecule has 0 aliphatic rings.